The minimum absolute atomic E-state index is 0.0138. The maximum Gasteiger partial charge on any atom is 0.259 e. The molecule has 9 nitrogen and oxygen atoms in total. The molecular weight excluding hydrogens is 394 g/mol. The summed E-state index contributed by atoms with van der Waals surface area (Å²) >= 11 is 1.21. The second kappa shape index (κ2) is 7.13. The summed E-state index contributed by atoms with van der Waals surface area (Å²) in [5.74, 6) is 0.555. The summed E-state index contributed by atoms with van der Waals surface area (Å²) in [7, 11) is 0. The predicted octanol–water partition coefficient (Wildman–Crippen LogP) is 3.14. The van der Waals surface area contributed by atoms with Gasteiger partial charge in [0, 0.05) is 10.9 Å². The van der Waals surface area contributed by atoms with Crippen LogP contribution in [0, 0.1) is 20.8 Å². The number of anilines is 1. The molecule has 0 atom stereocenters. The zero-order chi connectivity index (χ0) is 20.7. The van der Waals surface area contributed by atoms with Gasteiger partial charge in [-0.2, -0.15) is 0 Å². The lowest BCUT2D eigenvalue weighted by Gasteiger charge is -2.06. The molecule has 0 aliphatic heterocycles. The van der Waals surface area contributed by atoms with Crippen molar-refractivity contribution in [3.63, 3.8) is 0 Å². The molecule has 0 aliphatic rings. The van der Waals surface area contributed by atoms with E-state index in [0.29, 0.717) is 38.9 Å². The minimum atomic E-state index is -0.487. The first-order chi connectivity index (χ1) is 13.8. The highest BCUT2D eigenvalue weighted by atomic mass is 32.1. The van der Waals surface area contributed by atoms with E-state index in [4.69, 9.17) is 14.7 Å². The van der Waals surface area contributed by atoms with Crippen LogP contribution in [0.4, 0.5) is 5.13 Å². The van der Waals surface area contributed by atoms with Gasteiger partial charge in [0.25, 0.3) is 11.6 Å². The number of pyridine rings is 1. The molecule has 4 heterocycles. The molecule has 148 valence electrons. The van der Waals surface area contributed by atoms with Gasteiger partial charge in [0.1, 0.15) is 11.5 Å². The van der Waals surface area contributed by atoms with E-state index in [1.165, 1.54) is 11.3 Å². The number of hydrogen-bond donors (Lipinski definition) is 2. The fourth-order valence-electron chi connectivity index (χ4n) is 3.09. The highest BCUT2D eigenvalue weighted by Crippen LogP contribution is 2.31. The van der Waals surface area contributed by atoms with Crippen molar-refractivity contribution >= 4 is 39.4 Å². The molecule has 0 spiro atoms. The molecule has 0 saturated heterocycles. The topological polar surface area (TPSA) is 137 Å². The van der Waals surface area contributed by atoms with Gasteiger partial charge in [-0.25, -0.2) is 9.97 Å². The van der Waals surface area contributed by atoms with Crippen molar-refractivity contribution in [2.24, 2.45) is 5.73 Å². The molecule has 4 aromatic heterocycles. The Bertz CT molecular complexity index is 1250. The Morgan fingerprint density at radius 3 is 2.69 bits per heavy atom. The number of fused-ring (bicyclic) bond motifs is 1. The third-order valence-corrected chi connectivity index (χ3v) is 5.11. The number of nitrogens with two attached hydrogens (primary N) is 1. The van der Waals surface area contributed by atoms with Crippen LogP contribution in [0.5, 0.6) is 0 Å². The molecule has 2 amide bonds. The number of aromatic nitrogens is 3. The van der Waals surface area contributed by atoms with E-state index in [1.54, 1.807) is 18.4 Å². The quantitative estimate of drug-likeness (QED) is 0.514. The first-order valence-electron chi connectivity index (χ1n) is 8.70. The Balaban J connectivity index is 1.74. The number of rotatable bonds is 5. The molecule has 0 bridgehead atoms. The minimum Gasteiger partial charge on any atom is -0.466 e. The normalized spacial score (nSPS) is 11.1. The van der Waals surface area contributed by atoms with Crippen LogP contribution in [0.1, 0.15) is 33.3 Å². The van der Waals surface area contributed by atoms with Crippen LogP contribution in [0.25, 0.3) is 22.4 Å². The first kappa shape index (κ1) is 18.8. The van der Waals surface area contributed by atoms with Gasteiger partial charge in [0.15, 0.2) is 5.13 Å². The van der Waals surface area contributed by atoms with Gasteiger partial charge < -0.3 is 14.7 Å². The smallest absolute Gasteiger partial charge is 0.259 e. The van der Waals surface area contributed by atoms with Crippen molar-refractivity contribution in [1.82, 2.24) is 15.1 Å². The van der Waals surface area contributed by atoms with Gasteiger partial charge in [-0.15, -0.1) is 11.3 Å². The van der Waals surface area contributed by atoms with E-state index in [1.807, 2.05) is 19.9 Å². The Labute approximate surface area is 168 Å². The second-order valence-corrected chi connectivity index (χ2v) is 7.43. The largest absolute Gasteiger partial charge is 0.466 e. The zero-order valence-corrected chi connectivity index (χ0v) is 16.7. The number of nitrogens with one attached hydrogen (secondary N) is 1. The zero-order valence-electron chi connectivity index (χ0n) is 15.9. The van der Waals surface area contributed by atoms with Crippen molar-refractivity contribution in [1.29, 1.82) is 0 Å². The molecule has 0 radical (unpaired) electrons. The third-order valence-electron chi connectivity index (χ3n) is 4.31. The van der Waals surface area contributed by atoms with Crippen molar-refractivity contribution in [2.75, 3.05) is 5.32 Å². The third kappa shape index (κ3) is 3.61. The van der Waals surface area contributed by atoms with Gasteiger partial charge in [-0.3, -0.25) is 14.9 Å². The van der Waals surface area contributed by atoms with E-state index >= 15 is 0 Å². The Morgan fingerprint density at radius 1 is 1.21 bits per heavy atom. The van der Waals surface area contributed by atoms with Crippen molar-refractivity contribution in [3.05, 3.63) is 46.0 Å². The van der Waals surface area contributed by atoms with Crippen molar-refractivity contribution in [2.45, 2.75) is 27.2 Å². The number of primary amides is 1. The molecular formula is C19H17N5O4S. The predicted molar refractivity (Wildman–Crippen MR) is 107 cm³/mol. The molecule has 0 unspecified atom stereocenters. The molecule has 0 aromatic carbocycles. The highest BCUT2D eigenvalue weighted by Gasteiger charge is 2.21. The Morgan fingerprint density at radius 2 is 2.00 bits per heavy atom. The van der Waals surface area contributed by atoms with Crippen LogP contribution in [-0.4, -0.2) is 26.9 Å². The average Bonchev–Trinajstić information content (AvgIpc) is 3.33. The molecule has 10 heteroatoms. The van der Waals surface area contributed by atoms with Crippen molar-refractivity contribution in [3.8, 4) is 11.3 Å². The van der Waals surface area contributed by atoms with E-state index < -0.39 is 5.91 Å². The number of amides is 2. The maximum absolute atomic E-state index is 13.0. The fraction of sp³-hybridized carbons (Fsp3) is 0.211. The summed E-state index contributed by atoms with van der Waals surface area (Å²) in [6.07, 6.45) is 0.0138. The highest BCUT2D eigenvalue weighted by molar-refractivity contribution is 7.14. The molecule has 0 aliphatic carbocycles. The van der Waals surface area contributed by atoms with Gasteiger partial charge in [0.05, 0.1) is 34.5 Å². The van der Waals surface area contributed by atoms with E-state index in [9.17, 15) is 9.59 Å². The van der Waals surface area contributed by atoms with Crippen LogP contribution in [0.3, 0.4) is 0 Å². The lowest BCUT2D eigenvalue weighted by Crippen LogP contribution is -2.15. The molecule has 29 heavy (non-hydrogen) atoms. The summed E-state index contributed by atoms with van der Waals surface area (Å²) in [4.78, 5) is 32.8. The van der Waals surface area contributed by atoms with Crippen LogP contribution in [0.2, 0.25) is 0 Å². The standard InChI is InChI=1S/C19H17N5O4S/c1-8-4-12(10(3)27-8)14-6-13(16-9(2)24-28-18(16)22-14)17(26)23-19-21-11(7-29-19)5-15(20)25/h4,6-7H,5H2,1-3H3,(H2,20,25)(H,21,23,26). The van der Waals surface area contributed by atoms with Gasteiger partial charge in [-0.05, 0) is 32.9 Å². The SMILES string of the molecule is Cc1cc(-c2cc(C(=O)Nc3nc(CC(N)=O)cs3)c3c(C)noc3n2)c(C)o1. The van der Waals surface area contributed by atoms with Crippen LogP contribution < -0.4 is 11.1 Å². The number of hydrogen-bond acceptors (Lipinski definition) is 8. The van der Waals surface area contributed by atoms with E-state index in [2.05, 4.69) is 20.4 Å². The number of carbonyl (C=O) groups is 2. The number of thiazole rings is 1. The average molecular weight is 411 g/mol. The van der Waals surface area contributed by atoms with Gasteiger partial charge >= 0.3 is 0 Å². The summed E-state index contributed by atoms with van der Waals surface area (Å²) in [6, 6.07) is 3.53. The molecule has 0 fully saturated rings. The Kier molecular flexibility index (Phi) is 4.63. The molecule has 0 saturated carbocycles. The summed E-state index contributed by atoms with van der Waals surface area (Å²) in [5, 5.41) is 9.26. The lowest BCUT2D eigenvalue weighted by atomic mass is 10.1. The van der Waals surface area contributed by atoms with Crippen LogP contribution in [0.15, 0.2) is 26.5 Å². The van der Waals surface area contributed by atoms with Gasteiger partial charge in [-0.1, -0.05) is 5.16 Å². The fourth-order valence-corrected chi connectivity index (χ4v) is 3.79. The summed E-state index contributed by atoms with van der Waals surface area (Å²) < 4.78 is 10.9. The summed E-state index contributed by atoms with van der Waals surface area (Å²) in [6.45, 7) is 5.41. The molecule has 4 rings (SSSR count). The van der Waals surface area contributed by atoms with Crippen LogP contribution in [-0.2, 0) is 11.2 Å². The maximum atomic E-state index is 13.0. The Hall–Kier alpha value is -3.53. The van der Waals surface area contributed by atoms with E-state index in [-0.39, 0.29) is 18.0 Å². The molecule has 4 aromatic rings. The molecule has 3 N–H and O–H groups in total. The van der Waals surface area contributed by atoms with Crippen LogP contribution >= 0.6 is 11.3 Å². The monoisotopic (exact) mass is 411 g/mol. The number of furan rings is 1. The van der Waals surface area contributed by atoms with E-state index in [0.717, 1.165) is 11.3 Å². The van der Waals surface area contributed by atoms with Gasteiger partial charge in [0.2, 0.25) is 5.91 Å². The number of carbonyl (C=O) groups excluding carboxylic acids is 2. The number of nitrogens with zero attached hydrogens (tertiary/aromatic N) is 3. The van der Waals surface area contributed by atoms with Crippen molar-refractivity contribution < 1.29 is 18.5 Å². The number of aryl methyl sites for hydroxylation is 3. The summed E-state index contributed by atoms with van der Waals surface area (Å²) in [5.41, 5.74) is 8.17. The lowest BCUT2D eigenvalue weighted by molar-refractivity contribution is -0.117. The second-order valence-electron chi connectivity index (χ2n) is 6.57. The first-order valence-corrected chi connectivity index (χ1v) is 9.58.